The number of phenolic OH excluding ortho intramolecular Hbond substituents is 1. The van der Waals surface area contributed by atoms with Crippen LogP contribution < -0.4 is 18.9 Å². The molecule has 0 aromatic heterocycles. The molecular weight excluding hydrogens is 320 g/mol. The molecule has 25 heavy (non-hydrogen) atoms. The Hall–Kier alpha value is -2.82. The van der Waals surface area contributed by atoms with Crippen molar-refractivity contribution >= 4 is 6.08 Å². The molecule has 0 fully saturated rings. The zero-order valence-electron chi connectivity index (χ0n) is 14.8. The van der Waals surface area contributed by atoms with Crippen LogP contribution in [-0.4, -0.2) is 25.4 Å². The fourth-order valence-corrected chi connectivity index (χ4v) is 2.93. The second-order valence-electron chi connectivity index (χ2n) is 5.84. The highest BCUT2D eigenvalue weighted by Crippen LogP contribution is 2.46. The molecule has 0 saturated heterocycles. The average molecular weight is 342 g/mol. The largest absolute Gasteiger partial charge is 0.504 e. The Labute approximate surface area is 147 Å². The monoisotopic (exact) mass is 342 g/mol. The molecule has 0 bridgehead atoms. The van der Waals surface area contributed by atoms with Gasteiger partial charge in [0.25, 0.3) is 0 Å². The Kier molecular flexibility index (Phi) is 4.74. The van der Waals surface area contributed by atoms with E-state index in [9.17, 15) is 5.11 Å². The van der Waals surface area contributed by atoms with E-state index in [2.05, 4.69) is 0 Å². The zero-order valence-corrected chi connectivity index (χ0v) is 14.8. The molecule has 132 valence electrons. The zero-order chi connectivity index (χ0) is 18.0. The molecular formula is C20H22O5. The van der Waals surface area contributed by atoms with Gasteiger partial charge < -0.3 is 24.1 Å². The van der Waals surface area contributed by atoms with E-state index in [0.717, 1.165) is 11.1 Å². The fraction of sp³-hybridized carbons (Fsp3) is 0.300. The van der Waals surface area contributed by atoms with Gasteiger partial charge in [-0.3, -0.25) is 0 Å². The molecule has 2 aromatic carbocycles. The fourth-order valence-electron chi connectivity index (χ4n) is 2.93. The van der Waals surface area contributed by atoms with E-state index in [1.807, 2.05) is 38.1 Å². The summed E-state index contributed by atoms with van der Waals surface area (Å²) in [6.07, 6.45) is 3.37. The highest BCUT2D eigenvalue weighted by atomic mass is 16.6. The van der Waals surface area contributed by atoms with Gasteiger partial charge in [-0.05, 0) is 43.7 Å². The van der Waals surface area contributed by atoms with E-state index in [-0.39, 0.29) is 18.0 Å². The second kappa shape index (κ2) is 6.97. The van der Waals surface area contributed by atoms with Crippen LogP contribution in [0.15, 0.2) is 36.4 Å². The first kappa shape index (κ1) is 17.0. The first-order valence-corrected chi connectivity index (χ1v) is 8.12. The third kappa shape index (κ3) is 3.22. The number of rotatable bonds is 4. The number of aromatic hydroxyl groups is 1. The van der Waals surface area contributed by atoms with Gasteiger partial charge in [-0.2, -0.15) is 0 Å². The van der Waals surface area contributed by atoms with Gasteiger partial charge in [0.05, 0.1) is 14.2 Å². The van der Waals surface area contributed by atoms with Crippen LogP contribution in [0.5, 0.6) is 28.7 Å². The molecule has 1 heterocycles. The Bertz CT molecular complexity index is 797. The predicted molar refractivity (Wildman–Crippen MR) is 95.8 cm³/mol. The smallest absolute Gasteiger partial charge is 0.204 e. The van der Waals surface area contributed by atoms with Gasteiger partial charge in [-0.1, -0.05) is 18.2 Å². The lowest BCUT2D eigenvalue weighted by Gasteiger charge is -2.33. The third-order valence-electron chi connectivity index (χ3n) is 4.14. The Morgan fingerprint density at radius 3 is 2.48 bits per heavy atom. The average Bonchev–Trinajstić information content (AvgIpc) is 2.61. The topological polar surface area (TPSA) is 57.2 Å². The number of allylic oxidation sites excluding steroid dienone is 1. The van der Waals surface area contributed by atoms with Crippen molar-refractivity contribution in [1.82, 2.24) is 0 Å². The van der Waals surface area contributed by atoms with Crippen LogP contribution >= 0.6 is 0 Å². The van der Waals surface area contributed by atoms with E-state index >= 15 is 0 Å². The number of hydrogen-bond acceptors (Lipinski definition) is 5. The van der Waals surface area contributed by atoms with Crippen molar-refractivity contribution in [3.05, 3.63) is 47.5 Å². The van der Waals surface area contributed by atoms with Crippen molar-refractivity contribution in [3.8, 4) is 28.7 Å². The highest BCUT2D eigenvalue weighted by molar-refractivity contribution is 5.62. The van der Waals surface area contributed by atoms with E-state index in [4.69, 9.17) is 18.9 Å². The van der Waals surface area contributed by atoms with Crippen LogP contribution in [0.1, 0.15) is 31.1 Å². The quantitative estimate of drug-likeness (QED) is 0.895. The highest BCUT2D eigenvalue weighted by Gasteiger charge is 2.32. The molecule has 0 saturated carbocycles. The van der Waals surface area contributed by atoms with Crippen molar-refractivity contribution in [2.45, 2.75) is 26.1 Å². The Balaban J connectivity index is 2.01. The van der Waals surface area contributed by atoms with Crippen molar-refractivity contribution in [1.29, 1.82) is 0 Å². The number of phenols is 1. The van der Waals surface area contributed by atoms with Crippen molar-refractivity contribution in [2.24, 2.45) is 0 Å². The van der Waals surface area contributed by atoms with Crippen LogP contribution in [0.4, 0.5) is 0 Å². The number of benzene rings is 2. The summed E-state index contributed by atoms with van der Waals surface area (Å²) in [7, 11) is 3.13. The minimum absolute atomic E-state index is 0.0908. The molecule has 0 aliphatic carbocycles. The molecule has 1 aliphatic rings. The normalized spacial score (nSPS) is 19.0. The maximum absolute atomic E-state index is 9.80. The van der Waals surface area contributed by atoms with E-state index in [1.165, 1.54) is 7.11 Å². The van der Waals surface area contributed by atoms with Gasteiger partial charge in [0, 0.05) is 5.56 Å². The van der Waals surface area contributed by atoms with Crippen molar-refractivity contribution in [2.75, 3.05) is 14.2 Å². The van der Waals surface area contributed by atoms with E-state index in [0.29, 0.717) is 23.0 Å². The summed E-state index contributed by atoms with van der Waals surface area (Å²) in [5, 5.41) is 9.80. The summed E-state index contributed by atoms with van der Waals surface area (Å²) in [5.41, 5.74) is 1.83. The molecule has 2 aromatic rings. The summed E-state index contributed by atoms with van der Waals surface area (Å²) in [4.78, 5) is 0. The van der Waals surface area contributed by atoms with Gasteiger partial charge in [0.15, 0.2) is 29.1 Å². The van der Waals surface area contributed by atoms with Crippen LogP contribution in [0.2, 0.25) is 0 Å². The molecule has 1 aliphatic heterocycles. The molecule has 0 unspecified atom stereocenters. The first-order valence-electron chi connectivity index (χ1n) is 8.12. The van der Waals surface area contributed by atoms with E-state index < -0.39 is 0 Å². The molecule has 5 nitrogen and oxygen atoms in total. The summed E-state index contributed by atoms with van der Waals surface area (Å²) < 4.78 is 22.9. The van der Waals surface area contributed by atoms with Gasteiger partial charge in [-0.15, -0.1) is 0 Å². The molecule has 0 spiro atoms. The lowest BCUT2D eigenvalue weighted by atomic mass is 10.0. The molecule has 1 N–H and O–H groups in total. The Morgan fingerprint density at radius 2 is 1.80 bits per heavy atom. The van der Waals surface area contributed by atoms with Gasteiger partial charge in [0.2, 0.25) is 5.75 Å². The third-order valence-corrected chi connectivity index (χ3v) is 4.14. The molecule has 2 atom stereocenters. The van der Waals surface area contributed by atoms with E-state index in [1.54, 1.807) is 25.3 Å². The molecule has 0 amide bonds. The maximum atomic E-state index is 9.80. The van der Waals surface area contributed by atoms with Gasteiger partial charge in [-0.25, -0.2) is 0 Å². The predicted octanol–water partition coefficient (Wildman–Crippen LogP) is 4.34. The minimum Gasteiger partial charge on any atom is -0.504 e. The summed E-state index contributed by atoms with van der Waals surface area (Å²) in [5.74, 6) is 2.36. The number of fused-ring (bicyclic) bond motifs is 1. The van der Waals surface area contributed by atoms with Gasteiger partial charge in [0.1, 0.15) is 6.10 Å². The second-order valence-corrected chi connectivity index (χ2v) is 5.84. The molecule has 0 radical (unpaired) electrons. The lowest BCUT2D eigenvalue weighted by Crippen LogP contribution is -2.30. The maximum Gasteiger partial charge on any atom is 0.204 e. The summed E-state index contributed by atoms with van der Waals surface area (Å²) >= 11 is 0. The SMILES string of the molecule is C/C=C/c1cc(OC)c2c(c1)O[C@@H](c1ccc(O)c(OC)c1)[C@@H](C)O2. The Morgan fingerprint density at radius 1 is 1.04 bits per heavy atom. The molecule has 3 rings (SSSR count). The lowest BCUT2D eigenvalue weighted by molar-refractivity contribution is 0.0280. The van der Waals surface area contributed by atoms with Crippen LogP contribution in [0.25, 0.3) is 6.08 Å². The van der Waals surface area contributed by atoms with Gasteiger partial charge >= 0.3 is 0 Å². The van der Waals surface area contributed by atoms with Crippen molar-refractivity contribution in [3.63, 3.8) is 0 Å². The van der Waals surface area contributed by atoms with Crippen LogP contribution in [-0.2, 0) is 0 Å². The molecule has 5 heteroatoms. The van der Waals surface area contributed by atoms with Crippen LogP contribution in [0.3, 0.4) is 0 Å². The number of hydrogen-bond donors (Lipinski definition) is 1. The first-order chi connectivity index (χ1) is 12.1. The van der Waals surface area contributed by atoms with Crippen molar-refractivity contribution < 1.29 is 24.1 Å². The number of ether oxygens (including phenoxy) is 4. The summed E-state index contributed by atoms with van der Waals surface area (Å²) in [6.45, 7) is 3.89. The van der Waals surface area contributed by atoms with Crippen LogP contribution in [0, 0.1) is 0 Å². The minimum atomic E-state index is -0.326. The summed E-state index contributed by atoms with van der Waals surface area (Å²) in [6, 6.07) is 9.00. The number of methoxy groups -OCH3 is 2. The standard InChI is InChI=1S/C20H22O5/c1-5-6-13-9-17(23-4)20-18(10-13)25-19(12(2)24-20)14-7-8-15(21)16(11-14)22-3/h5-12,19,21H,1-4H3/b6-5+/t12-,19-/m1/s1.